The van der Waals surface area contributed by atoms with Crippen LogP contribution in [0.25, 0.3) is 6.08 Å². The highest BCUT2D eigenvalue weighted by atomic mass is 16.1. The highest BCUT2D eigenvalue weighted by Crippen LogP contribution is 2.21. The number of carbonyl (C=O) groups is 1. The van der Waals surface area contributed by atoms with Crippen molar-refractivity contribution < 1.29 is 4.79 Å². The zero-order chi connectivity index (χ0) is 26.0. The van der Waals surface area contributed by atoms with Crippen LogP contribution in [0.1, 0.15) is 65.0 Å². The van der Waals surface area contributed by atoms with Gasteiger partial charge in [0.2, 0.25) is 0 Å². The molecule has 2 N–H and O–H groups in total. The Hall–Kier alpha value is -3.40. The summed E-state index contributed by atoms with van der Waals surface area (Å²) >= 11 is 0. The van der Waals surface area contributed by atoms with Crippen LogP contribution in [0.15, 0.2) is 83.5 Å². The standard InChI is InChI=1S/C31H41N3O/c1-9-26(32-19-18-31(6,7)8)20-24(5)33-27-14-16-28(17-15-27)34-30(35)29(22(2)3)21-25-13-11-10-12-23(25)4/h10-17,21,33H,2,5,9,18-20H2,1,3-4,6-8H3,(H,34,35)/b29-21+,32-26?. The summed E-state index contributed by atoms with van der Waals surface area (Å²) in [5, 5.41) is 6.34. The van der Waals surface area contributed by atoms with Gasteiger partial charge in [0.05, 0.1) is 0 Å². The summed E-state index contributed by atoms with van der Waals surface area (Å²) in [5.74, 6) is -0.176. The summed E-state index contributed by atoms with van der Waals surface area (Å²) < 4.78 is 0. The van der Waals surface area contributed by atoms with Crippen molar-refractivity contribution in [2.45, 2.75) is 60.8 Å². The third kappa shape index (κ3) is 9.78. The number of allylic oxidation sites excluding steroid dienone is 1. The van der Waals surface area contributed by atoms with Crippen LogP contribution < -0.4 is 10.6 Å². The Bertz CT molecular complexity index is 1100. The molecule has 0 aliphatic rings. The Kier molecular flexibility index (Phi) is 10.3. The maximum atomic E-state index is 13.0. The quantitative estimate of drug-likeness (QED) is 0.197. The van der Waals surface area contributed by atoms with Gasteiger partial charge in [0, 0.05) is 41.3 Å². The summed E-state index contributed by atoms with van der Waals surface area (Å²) in [6.07, 6.45) is 4.60. The van der Waals surface area contributed by atoms with Crippen LogP contribution in [0.2, 0.25) is 0 Å². The Morgan fingerprint density at radius 1 is 1.00 bits per heavy atom. The first-order valence-electron chi connectivity index (χ1n) is 12.3. The lowest BCUT2D eigenvalue weighted by Gasteiger charge is -2.17. The maximum absolute atomic E-state index is 13.0. The molecule has 1 amide bonds. The molecule has 0 aromatic heterocycles. The second-order valence-electron chi connectivity index (χ2n) is 10.2. The van der Waals surface area contributed by atoms with Gasteiger partial charge in [-0.3, -0.25) is 9.79 Å². The van der Waals surface area contributed by atoms with E-state index in [0.717, 1.165) is 65.3 Å². The van der Waals surface area contributed by atoms with Gasteiger partial charge in [-0.15, -0.1) is 0 Å². The average molecular weight is 472 g/mol. The lowest BCUT2D eigenvalue weighted by Crippen LogP contribution is -2.15. The van der Waals surface area contributed by atoms with E-state index in [0.29, 0.717) is 5.57 Å². The van der Waals surface area contributed by atoms with Gasteiger partial charge in [-0.05, 0) is 79.1 Å². The molecule has 0 aliphatic carbocycles. The van der Waals surface area contributed by atoms with Gasteiger partial charge in [-0.2, -0.15) is 0 Å². The van der Waals surface area contributed by atoms with Crippen LogP contribution in [0.3, 0.4) is 0 Å². The molecule has 4 nitrogen and oxygen atoms in total. The third-order valence-electron chi connectivity index (χ3n) is 5.68. The van der Waals surface area contributed by atoms with Crippen LogP contribution in [0.5, 0.6) is 0 Å². The lowest BCUT2D eigenvalue weighted by molar-refractivity contribution is -0.112. The second kappa shape index (κ2) is 12.9. The number of nitrogens with one attached hydrogen (secondary N) is 2. The molecule has 0 saturated heterocycles. The molecule has 186 valence electrons. The van der Waals surface area contributed by atoms with Crippen LogP contribution in [0, 0.1) is 12.3 Å². The van der Waals surface area contributed by atoms with Gasteiger partial charge in [0.25, 0.3) is 5.91 Å². The van der Waals surface area contributed by atoms with E-state index in [4.69, 9.17) is 4.99 Å². The highest BCUT2D eigenvalue weighted by Gasteiger charge is 2.12. The van der Waals surface area contributed by atoms with Crippen molar-refractivity contribution in [3.05, 3.63) is 89.7 Å². The number of amides is 1. The van der Waals surface area contributed by atoms with Gasteiger partial charge in [-0.1, -0.05) is 65.1 Å². The molecular weight excluding hydrogens is 430 g/mol. The minimum atomic E-state index is -0.176. The molecule has 0 aliphatic heterocycles. The molecule has 0 heterocycles. The topological polar surface area (TPSA) is 53.5 Å². The number of rotatable bonds is 11. The zero-order valence-corrected chi connectivity index (χ0v) is 22.3. The fraction of sp³-hybridized carbons (Fsp3) is 0.355. The van der Waals surface area contributed by atoms with Gasteiger partial charge in [0.15, 0.2) is 0 Å². The van der Waals surface area contributed by atoms with E-state index in [-0.39, 0.29) is 11.3 Å². The lowest BCUT2D eigenvalue weighted by atomic mass is 9.92. The molecule has 0 radical (unpaired) electrons. The van der Waals surface area contributed by atoms with E-state index in [2.05, 4.69) is 51.5 Å². The first kappa shape index (κ1) is 27.8. The van der Waals surface area contributed by atoms with Crippen LogP contribution >= 0.6 is 0 Å². The smallest absolute Gasteiger partial charge is 0.255 e. The van der Waals surface area contributed by atoms with Crippen molar-refractivity contribution >= 4 is 29.1 Å². The van der Waals surface area contributed by atoms with Crippen molar-refractivity contribution in [1.29, 1.82) is 0 Å². The van der Waals surface area contributed by atoms with Crippen molar-refractivity contribution in [2.24, 2.45) is 10.4 Å². The zero-order valence-electron chi connectivity index (χ0n) is 22.3. The number of aliphatic imine (C=N–C) groups is 1. The van der Waals surface area contributed by atoms with Crippen molar-refractivity contribution in [3.8, 4) is 0 Å². The largest absolute Gasteiger partial charge is 0.359 e. The van der Waals surface area contributed by atoms with Crippen LogP contribution in [0.4, 0.5) is 11.4 Å². The number of hydrogen-bond donors (Lipinski definition) is 2. The number of aryl methyl sites for hydroxylation is 1. The van der Waals surface area contributed by atoms with E-state index in [1.807, 2.05) is 68.5 Å². The number of nitrogens with zero attached hydrogens (tertiary/aromatic N) is 1. The van der Waals surface area contributed by atoms with Crippen LogP contribution in [-0.4, -0.2) is 18.2 Å². The normalized spacial score (nSPS) is 12.3. The van der Waals surface area contributed by atoms with Gasteiger partial charge < -0.3 is 10.6 Å². The molecule has 0 unspecified atom stereocenters. The van der Waals surface area contributed by atoms with Crippen molar-refractivity contribution in [1.82, 2.24) is 0 Å². The SMILES string of the molecule is C=C(CC(CC)=NCCC(C)(C)C)Nc1ccc(NC(=O)/C(=C/c2ccccc2C)C(=C)C)cc1. The third-order valence-corrected chi connectivity index (χ3v) is 5.68. The van der Waals surface area contributed by atoms with Crippen LogP contribution in [-0.2, 0) is 4.79 Å². The fourth-order valence-electron chi connectivity index (χ4n) is 3.46. The molecule has 2 aromatic carbocycles. The van der Waals surface area contributed by atoms with E-state index in [9.17, 15) is 4.79 Å². The Balaban J connectivity index is 2.00. The molecule has 0 fully saturated rings. The summed E-state index contributed by atoms with van der Waals surface area (Å²) in [6, 6.07) is 15.6. The summed E-state index contributed by atoms with van der Waals surface area (Å²) in [7, 11) is 0. The number of hydrogen-bond acceptors (Lipinski definition) is 3. The van der Waals surface area contributed by atoms with E-state index in [1.54, 1.807) is 0 Å². The van der Waals surface area contributed by atoms with Gasteiger partial charge in [-0.25, -0.2) is 0 Å². The Morgan fingerprint density at radius 2 is 1.60 bits per heavy atom. The average Bonchev–Trinajstić information content (AvgIpc) is 2.78. The summed E-state index contributed by atoms with van der Waals surface area (Å²) in [6.45, 7) is 21.7. The number of carbonyl (C=O) groups excluding carboxylic acids is 1. The number of anilines is 2. The molecular formula is C31H41N3O. The molecule has 4 heteroatoms. The minimum Gasteiger partial charge on any atom is -0.359 e. The molecule has 0 saturated carbocycles. The predicted molar refractivity (Wildman–Crippen MR) is 153 cm³/mol. The second-order valence-corrected chi connectivity index (χ2v) is 10.2. The maximum Gasteiger partial charge on any atom is 0.255 e. The molecule has 0 bridgehead atoms. The first-order valence-corrected chi connectivity index (χ1v) is 12.3. The molecule has 35 heavy (non-hydrogen) atoms. The van der Waals surface area contributed by atoms with E-state index >= 15 is 0 Å². The molecule has 0 spiro atoms. The van der Waals surface area contributed by atoms with Crippen molar-refractivity contribution in [2.75, 3.05) is 17.2 Å². The number of benzene rings is 2. The molecule has 2 aromatic rings. The minimum absolute atomic E-state index is 0.176. The fourth-order valence-corrected chi connectivity index (χ4v) is 3.46. The monoisotopic (exact) mass is 471 g/mol. The highest BCUT2D eigenvalue weighted by molar-refractivity contribution is 6.09. The molecule has 2 rings (SSSR count). The summed E-state index contributed by atoms with van der Waals surface area (Å²) in [4.78, 5) is 17.7. The summed E-state index contributed by atoms with van der Waals surface area (Å²) in [5.41, 5.74) is 7.40. The van der Waals surface area contributed by atoms with E-state index < -0.39 is 0 Å². The Labute approximate surface area is 212 Å². The van der Waals surface area contributed by atoms with E-state index in [1.165, 1.54) is 0 Å². The van der Waals surface area contributed by atoms with Crippen molar-refractivity contribution in [3.63, 3.8) is 0 Å². The van der Waals surface area contributed by atoms with Gasteiger partial charge in [0.1, 0.15) is 0 Å². The predicted octanol–water partition coefficient (Wildman–Crippen LogP) is 8.20. The molecule has 0 atom stereocenters. The van der Waals surface area contributed by atoms with Gasteiger partial charge >= 0.3 is 0 Å². The Morgan fingerprint density at radius 3 is 2.14 bits per heavy atom. The first-order chi connectivity index (χ1) is 16.5.